The second kappa shape index (κ2) is 7.92. The summed E-state index contributed by atoms with van der Waals surface area (Å²) in [6.45, 7) is -0.321. The number of ether oxygens (including phenoxy) is 1. The third kappa shape index (κ3) is 5.99. The van der Waals surface area contributed by atoms with E-state index in [1.54, 1.807) is 30.3 Å². The van der Waals surface area contributed by atoms with E-state index in [1.807, 2.05) is 0 Å². The Morgan fingerprint density at radius 2 is 1.56 bits per heavy atom. The molecule has 0 unspecified atom stereocenters. The Morgan fingerprint density at radius 1 is 1.07 bits per heavy atom. The Hall–Kier alpha value is -2.02. The molecule has 0 aliphatic carbocycles. The van der Waals surface area contributed by atoms with E-state index in [2.05, 4.69) is 4.74 Å². The van der Waals surface area contributed by atoms with Gasteiger partial charge in [-0.3, -0.25) is 4.79 Å². The molecule has 1 aromatic carbocycles. The van der Waals surface area contributed by atoms with Crippen LogP contribution >= 0.6 is 0 Å². The molecular weight excluding hydrogens is 408 g/mol. The highest BCUT2D eigenvalue weighted by molar-refractivity contribution is 7.85. The third-order valence-electron chi connectivity index (χ3n) is 3.43. The molecule has 0 amide bonds. The molecule has 0 fully saturated rings. The van der Waals surface area contributed by atoms with Gasteiger partial charge in [0.05, 0.1) is 22.3 Å². The largest absolute Gasteiger partial charge is 0.748 e. The van der Waals surface area contributed by atoms with Crippen LogP contribution in [0.15, 0.2) is 30.3 Å². The smallest absolute Gasteiger partial charge is 0.438 e. The Morgan fingerprint density at radius 3 is 1.96 bits per heavy atom. The van der Waals surface area contributed by atoms with Crippen LogP contribution in [0.25, 0.3) is 0 Å². The monoisotopic (exact) mass is 422 g/mol. The van der Waals surface area contributed by atoms with Crippen molar-refractivity contribution in [3.05, 3.63) is 30.3 Å². The number of alkyl halides is 6. The van der Waals surface area contributed by atoms with Gasteiger partial charge in [-0.25, -0.2) is 8.42 Å². The molecular formula is C14H14F6NO5S-. The van der Waals surface area contributed by atoms with E-state index in [4.69, 9.17) is 0 Å². The van der Waals surface area contributed by atoms with Gasteiger partial charge in [0.25, 0.3) is 0 Å². The maximum absolute atomic E-state index is 13.0. The predicted octanol–water partition coefficient (Wildman–Crippen LogP) is 2.46. The molecule has 1 aromatic rings. The van der Waals surface area contributed by atoms with E-state index in [1.165, 1.54) is 11.9 Å². The number of anilines is 1. The molecule has 0 saturated heterocycles. The number of carbonyl (C=O) groups is 1. The summed E-state index contributed by atoms with van der Waals surface area (Å²) in [4.78, 5) is 13.0. The summed E-state index contributed by atoms with van der Waals surface area (Å²) in [6, 6.07) is 8.04. The lowest BCUT2D eigenvalue weighted by Gasteiger charge is -2.37. The molecule has 6 nitrogen and oxygen atoms in total. The SMILES string of the molecule is CN(CCC(=O)OC(CS(=O)(=O)[O-])(C(F)(F)F)C(F)(F)F)c1ccccc1. The van der Waals surface area contributed by atoms with Crippen LogP contribution < -0.4 is 4.90 Å². The molecule has 0 aliphatic heterocycles. The van der Waals surface area contributed by atoms with Crippen molar-refractivity contribution in [3.8, 4) is 0 Å². The fourth-order valence-corrected chi connectivity index (χ4v) is 2.92. The highest BCUT2D eigenvalue weighted by Crippen LogP contribution is 2.47. The average molecular weight is 422 g/mol. The summed E-state index contributed by atoms with van der Waals surface area (Å²) in [5, 5.41) is 0. The average Bonchev–Trinajstić information content (AvgIpc) is 2.49. The van der Waals surface area contributed by atoms with Gasteiger partial charge in [0.15, 0.2) is 0 Å². The third-order valence-corrected chi connectivity index (χ3v) is 4.19. The van der Waals surface area contributed by atoms with Gasteiger partial charge in [-0.15, -0.1) is 0 Å². The predicted molar refractivity (Wildman–Crippen MR) is 79.8 cm³/mol. The highest BCUT2D eigenvalue weighted by Gasteiger charge is 2.75. The minimum atomic E-state index is -6.37. The van der Waals surface area contributed by atoms with Gasteiger partial charge in [0, 0.05) is 19.3 Å². The van der Waals surface area contributed by atoms with Crippen molar-refractivity contribution >= 4 is 21.8 Å². The molecule has 0 radical (unpaired) electrons. The van der Waals surface area contributed by atoms with Crippen LogP contribution in [0.1, 0.15) is 6.42 Å². The zero-order valence-corrected chi connectivity index (χ0v) is 14.5. The summed E-state index contributed by atoms with van der Waals surface area (Å²) in [6.07, 6.45) is -13.7. The molecule has 0 aliphatic rings. The van der Waals surface area contributed by atoms with Crippen LogP contribution in [0.3, 0.4) is 0 Å². The van der Waals surface area contributed by atoms with Gasteiger partial charge in [0.2, 0.25) is 0 Å². The van der Waals surface area contributed by atoms with E-state index in [9.17, 15) is 44.1 Å². The van der Waals surface area contributed by atoms with Crippen LogP contribution in [-0.4, -0.2) is 56.2 Å². The van der Waals surface area contributed by atoms with Gasteiger partial charge < -0.3 is 14.2 Å². The molecule has 0 bridgehead atoms. The van der Waals surface area contributed by atoms with E-state index >= 15 is 0 Å². The number of rotatable bonds is 7. The fourth-order valence-electron chi connectivity index (χ4n) is 2.03. The molecule has 0 saturated carbocycles. The topological polar surface area (TPSA) is 86.7 Å². The minimum absolute atomic E-state index is 0.321. The molecule has 0 aromatic heterocycles. The van der Waals surface area contributed by atoms with E-state index < -0.39 is 46.2 Å². The number of hydrogen-bond donors (Lipinski definition) is 0. The lowest BCUT2D eigenvalue weighted by Crippen LogP contribution is -2.63. The molecule has 0 N–H and O–H groups in total. The van der Waals surface area contributed by atoms with Crippen molar-refractivity contribution in [3.63, 3.8) is 0 Å². The van der Waals surface area contributed by atoms with Gasteiger partial charge >= 0.3 is 23.9 Å². The van der Waals surface area contributed by atoms with Crippen LogP contribution in [0, 0.1) is 0 Å². The first-order chi connectivity index (χ1) is 12.1. The van der Waals surface area contributed by atoms with E-state index in [-0.39, 0.29) is 6.54 Å². The van der Waals surface area contributed by atoms with Crippen LogP contribution in [0.4, 0.5) is 32.0 Å². The second-order valence-electron chi connectivity index (χ2n) is 5.51. The summed E-state index contributed by atoms with van der Waals surface area (Å²) in [5.74, 6) is -4.97. The van der Waals surface area contributed by atoms with Crippen LogP contribution in [0.5, 0.6) is 0 Å². The molecule has 154 valence electrons. The lowest BCUT2D eigenvalue weighted by molar-refractivity contribution is -0.361. The van der Waals surface area contributed by atoms with E-state index in [0.717, 1.165) is 0 Å². The zero-order valence-electron chi connectivity index (χ0n) is 13.7. The van der Waals surface area contributed by atoms with E-state index in [0.29, 0.717) is 5.69 Å². The molecule has 27 heavy (non-hydrogen) atoms. The second-order valence-corrected chi connectivity index (χ2v) is 6.91. The lowest BCUT2D eigenvalue weighted by atomic mass is 10.1. The Kier molecular flexibility index (Phi) is 6.75. The summed E-state index contributed by atoms with van der Waals surface area (Å²) < 4.78 is 113. The number of esters is 1. The number of benzene rings is 1. The number of carbonyl (C=O) groups excluding carboxylic acids is 1. The maximum atomic E-state index is 13.0. The quantitative estimate of drug-likeness (QED) is 0.381. The first-order valence-electron chi connectivity index (χ1n) is 7.14. The fraction of sp³-hybridized carbons (Fsp3) is 0.500. The summed E-state index contributed by atoms with van der Waals surface area (Å²) >= 11 is 0. The van der Waals surface area contributed by atoms with Gasteiger partial charge in [0.1, 0.15) is 0 Å². The van der Waals surface area contributed by atoms with Crippen molar-refractivity contribution in [1.82, 2.24) is 0 Å². The molecule has 0 heterocycles. The van der Waals surface area contributed by atoms with Crippen molar-refractivity contribution < 1.29 is 48.8 Å². The summed E-state index contributed by atoms with van der Waals surface area (Å²) in [5.41, 5.74) is -4.92. The first kappa shape index (κ1) is 23.0. The van der Waals surface area contributed by atoms with Crippen molar-refractivity contribution in [1.29, 1.82) is 0 Å². The Labute approximate surface area is 150 Å². The normalized spacial score (nSPS) is 13.3. The first-order valence-corrected chi connectivity index (χ1v) is 8.72. The number of halogens is 6. The van der Waals surface area contributed by atoms with Gasteiger partial charge in [-0.1, -0.05) is 18.2 Å². The summed E-state index contributed by atoms with van der Waals surface area (Å²) in [7, 11) is -4.62. The van der Waals surface area contributed by atoms with Crippen molar-refractivity contribution in [2.75, 3.05) is 24.2 Å². The van der Waals surface area contributed by atoms with Crippen LogP contribution in [0.2, 0.25) is 0 Å². The molecule has 1 rings (SSSR count). The van der Waals surface area contributed by atoms with Crippen molar-refractivity contribution in [2.45, 2.75) is 24.4 Å². The Bertz CT molecular complexity index is 734. The highest BCUT2D eigenvalue weighted by atomic mass is 32.2. The van der Waals surface area contributed by atoms with Gasteiger partial charge in [-0.05, 0) is 12.1 Å². The molecule has 0 atom stereocenters. The number of nitrogens with zero attached hydrogens (tertiary/aromatic N) is 1. The standard InChI is InChI=1S/C14H15F6NO5S/c1-21(10-5-3-2-4-6-10)8-7-11(22)26-12(13(15,16)17,14(18,19)20)9-27(23,24)25/h2-6H,7-9H2,1H3,(H,23,24,25)/p-1. The number of hydrogen-bond acceptors (Lipinski definition) is 6. The zero-order chi connectivity index (χ0) is 21.1. The number of para-hydroxylation sites is 1. The van der Waals surface area contributed by atoms with Crippen molar-refractivity contribution in [2.24, 2.45) is 0 Å². The van der Waals surface area contributed by atoms with Gasteiger partial charge in [-0.2, -0.15) is 26.3 Å². The minimum Gasteiger partial charge on any atom is -0.748 e. The maximum Gasteiger partial charge on any atom is 0.438 e. The molecule has 0 spiro atoms. The Balaban J connectivity index is 3.03. The van der Waals surface area contributed by atoms with Crippen LogP contribution in [-0.2, 0) is 19.6 Å². The molecule has 13 heteroatoms.